The zero-order valence-electron chi connectivity index (χ0n) is 13.8. The van der Waals surface area contributed by atoms with E-state index in [9.17, 15) is 22.8 Å². The van der Waals surface area contributed by atoms with E-state index in [4.69, 9.17) is 0 Å². The number of nitrogens with one attached hydrogen (secondary N) is 2. The van der Waals surface area contributed by atoms with E-state index in [0.717, 1.165) is 17.7 Å². The second kappa shape index (κ2) is 7.19. The van der Waals surface area contributed by atoms with E-state index < -0.39 is 28.9 Å². The number of anilines is 1. The normalized spacial score (nSPS) is 14.6. The lowest BCUT2D eigenvalue weighted by Gasteiger charge is -2.16. The summed E-state index contributed by atoms with van der Waals surface area (Å²) in [6.45, 7) is 0.296. The molecule has 7 heteroatoms. The van der Waals surface area contributed by atoms with Gasteiger partial charge in [0.2, 0.25) is 11.8 Å². The molecule has 1 aliphatic carbocycles. The van der Waals surface area contributed by atoms with Crippen LogP contribution in [0.25, 0.3) is 0 Å². The van der Waals surface area contributed by atoms with E-state index in [1.165, 1.54) is 12.1 Å². The Balaban J connectivity index is 1.56. The van der Waals surface area contributed by atoms with Crippen LogP contribution in [0.15, 0.2) is 42.5 Å². The lowest BCUT2D eigenvalue weighted by molar-refractivity contribution is -0.134. The van der Waals surface area contributed by atoms with E-state index in [1.54, 1.807) is 12.1 Å². The second-order valence-corrected chi connectivity index (χ2v) is 6.29. The molecular formula is C19H17F3N2O2. The number of rotatable bonds is 6. The van der Waals surface area contributed by atoms with Gasteiger partial charge in [0.1, 0.15) is 22.9 Å². The van der Waals surface area contributed by atoms with Gasteiger partial charge in [-0.25, -0.2) is 13.2 Å². The van der Waals surface area contributed by atoms with Crippen molar-refractivity contribution in [2.45, 2.75) is 19.3 Å². The topological polar surface area (TPSA) is 58.2 Å². The Labute approximate surface area is 148 Å². The molecule has 0 aliphatic heterocycles. The molecule has 1 saturated carbocycles. The molecule has 26 heavy (non-hydrogen) atoms. The molecule has 4 nitrogen and oxygen atoms in total. The highest BCUT2D eigenvalue weighted by molar-refractivity contribution is 6.13. The zero-order chi connectivity index (χ0) is 18.7. The van der Waals surface area contributed by atoms with Crippen molar-refractivity contribution in [3.8, 4) is 0 Å². The van der Waals surface area contributed by atoms with Crippen LogP contribution >= 0.6 is 0 Å². The number of halogens is 3. The molecule has 0 saturated heterocycles. The first-order valence-electron chi connectivity index (χ1n) is 8.20. The van der Waals surface area contributed by atoms with Crippen LogP contribution in [-0.2, 0) is 16.0 Å². The minimum Gasteiger partial charge on any atom is -0.355 e. The summed E-state index contributed by atoms with van der Waals surface area (Å²) >= 11 is 0. The summed E-state index contributed by atoms with van der Waals surface area (Å²) in [5, 5.41) is 5.04. The molecule has 1 fully saturated rings. The van der Waals surface area contributed by atoms with Crippen LogP contribution in [0, 0.1) is 22.9 Å². The van der Waals surface area contributed by atoms with Gasteiger partial charge in [-0.3, -0.25) is 9.59 Å². The zero-order valence-corrected chi connectivity index (χ0v) is 13.8. The Morgan fingerprint density at radius 1 is 0.923 bits per heavy atom. The van der Waals surface area contributed by atoms with Crippen LogP contribution in [0.3, 0.4) is 0 Å². The molecule has 0 aromatic heterocycles. The fraction of sp³-hybridized carbons (Fsp3) is 0.263. The molecule has 0 bridgehead atoms. The first-order valence-corrected chi connectivity index (χ1v) is 8.20. The third-order valence-corrected chi connectivity index (χ3v) is 4.41. The summed E-state index contributed by atoms with van der Waals surface area (Å²) < 4.78 is 39.4. The van der Waals surface area contributed by atoms with Crippen LogP contribution in [0.1, 0.15) is 18.4 Å². The lowest BCUT2D eigenvalue weighted by atomic mass is 10.0. The predicted molar refractivity (Wildman–Crippen MR) is 89.8 cm³/mol. The van der Waals surface area contributed by atoms with E-state index in [2.05, 4.69) is 10.6 Å². The average Bonchev–Trinajstić information content (AvgIpc) is 3.41. The molecule has 136 valence electrons. The van der Waals surface area contributed by atoms with Crippen molar-refractivity contribution >= 4 is 17.5 Å². The predicted octanol–water partition coefficient (Wildman–Crippen LogP) is 3.18. The van der Waals surface area contributed by atoms with E-state index in [0.29, 0.717) is 31.9 Å². The molecule has 0 unspecified atom stereocenters. The van der Waals surface area contributed by atoms with E-state index >= 15 is 0 Å². The molecule has 1 aliphatic rings. The van der Waals surface area contributed by atoms with Crippen molar-refractivity contribution in [1.29, 1.82) is 0 Å². The summed E-state index contributed by atoms with van der Waals surface area (Å²) in [5.41, 5.74) is -0.528. The van der Waals surface area contributed by atoms with Crippen molar-refractivity contribution in [2.24, 2.45) is 5.41 Å². The fourth-order valence-corrected chi connectivity index (χ4v) is 2.66. The number of hydrogen-bond acceptors (Lipinski definition) is 2. The Hall–Kier alpha value is -2.83. The first kappa shape index (κ1) is 18.0. The summed E-state index contributed by atoms with van der Waals surface area (Å²) in [6.07, 6.45) is 1.23. The standard InChI is InChI=1S/C19H17F3N2O2/c20-13-3-1-12(2-4-13)7-10-23-17(25)19(8-9-19)18(26)24-16-6-5-14(21)11-15(16)22/h1-6,11H,7-10H2,(H,23,25)(H,24,26). The molecule has 0 atom stereocenters. The van der Waals surface area contributed by atoms with Gasteiger partial charge < -0.3 is 10.6 Å². The van der Waals surface area contributed by atoms with Crippen molar-refractivity contribution in [3.05, 3.63) is 65.5 Å². The summed E-state index contributed by atoms with van der Waals surface area (Å²) in [5.74, 6) is -3.02. The first-order chi connectivity index (χ1) is 12.4. The van der Waals surface area contributed by atoms with Crippen LogP contribution in [0.4, 0.5) is 18.9 Å². The smallest absolute Gasteiger partial charge is 0.240 e. The highest BCUT2D eigenvalue weighted by Gasteiger charge is 2.56. The summed E-state index contributed by atoms with van der Waals surface area (Å²) in [4.78, 5) is 24.7. The monoisotopic (exact) mass is 362 g/mol. The minimum absolute atomic E-state index is 0.165. The molecule has 2 aromatic rings. The lowest BCUT2D eigenvalue weighted by Crippen LogP contribution is -2.40. The summed E-state index contributed by atoms with van der Waals surface area (Å²) in [6, 6.07) is 8.73. The maximum absolute atomic E-state index is 13.7. The summed E-state index contributed by atoms with van der Waals surface area (Å²) in [7, 11) is 0. The Morgan fingerprint density at radius 2 is 1.58 bits per heavy atom. The number of amides is 2. The van der Waals surface area contributed by atoms with Crippen LogP contribution in [0.2, 0.25) is 0 Å². The maximum atomic E-state index is 13.7. The highest BCUT2D eigenvalue weighted by atomic mass is 19.1. The van der Waals surface area contributed by atoms with E-state index in [-0.39, 0.29) is 11.5 Å². The number of hydrogen-bond donors (Lipinski definition) is 2. The molecule has 2 N–H and O–H groups in total. The molecule has 0 spiro atoms. The Morgan fingerprint density at radius 3 is 2.19 bits per heavy atom. The molecule has 2 amide bonds. The van der Waals surface area contributed by atoms with Gasteiger partial charge in [0.05, 0.1) is 5.69 Å². The van der Waals surface area contributed by atoms with Crippen molar-refractivity contribution in [1.82, 2.24) is 5.32 Å². The van der Waals surface area contributed by atoms with Gasteiger partial charge in [-0.15, -0.1) is 0 Å². The number of carbonyl (C=O) groups is 2. The maximum Gasteiger partial charge on any atom is 0.240 e. The highest BCUT2D eigenvalue weighted by Crippen LogP contribution is 2.47. The van der Waals surface area contributed by atoms with Gasteiger partial charge in [-0.1, -0.05) is 12.1 Å². The Kier molecular flexibility index (Phi) is 4.97. The van der Waals surface area contributed by atoms with Gasteiger partial charge >= 0.3 is 0 Å². The van der Waals surface area contributed by atoms with Crippen LogP contribution in [0.5, 0.6) is 0 Å². The second-order valence-electron chi connectivity index (χ2n) is 6.29. The van der Waals surface area contributed by atoms with Gasteiger partial charge in [-0.05, 0) is 49.1 Å². The number of benzene rings is 2. The largest absolute Gasteiger partial charge is 0.355 e. The van der Waals surface area contributed by atoms with Gasteiger partial charge in [-0.2, -0.15) is 0 Å². The SMILES string of the molecule is O=C(NCCc1ccc(F)cc1)C1(C(=O)Nc2ccc(F)cc2F)CC1. The fourth-order valence-electron chi connectivity index (χ4n) is 2.66. The van der Waals surface area contributed by atoms with Crippen molar-refractivity contribution in [2.75, 3.05) is 11.9 Å². The van der Waals surface area contributed by atoms with Crippen molar-refractivity contribution < 1.29 is 22.8 Å². The molecular weight excluding hydrogens is 345 g/mol. The average molecular weight is 362 g/mol. The van der Waals surface area contributed by atoms with Gasteiger partial charge in [0, 0.05) is 12.6 Å². The van der Waals surface area contributed by atoms with Crippen molar-refractivity contribution in [3.63, 3.8) is 0 Å². The molecule has 0 heterocycles. The van der Waals surface area contributed by atoms with Crippen LogP contribution in [-0.4, -0.2) is 18.4 Å². The molecule has 2 aromatic carbocycles. The van der Waals surface area contributed by atoms with Gasteiger partial charge in [0.15, 0.2) is 0 Å². The minimum atomic E-state index is -1.22. The molecule has 0 radical (unpaired) electrons. The Bertz CT molecular complexity index is 833. The number of carbonyl (C=O) groups excluding carboxylic acids is 2. The van der Waals surface area contributed by atoms with Gasteiger partial charge in [0.25, 0.3) is 0 Å². The van der Waals surface area contributed by atoms with E-state index in [1.807, 2.05) is 0 Å². The third-order valence-electron chi connectivity index (χ3n) is 4.41. The quantitative estimate of drug-likeness (QED) is 0.776. The van der Waals surface area contributed by atoms with Crippen LogP contribution < -0.4 is 10.6 Å². The molecule has 3 rings (SSSR count). The third kappa shape index (κ3) is 3.87.